The Labute approximate surface area is 217 Å². The van der Waals surface area contributed by atoms with Crippen LogP contribution < -0.4 is 14.2 Å². The number of fused-ring (bicyclic) bond motifs is 1. The van der Waals surface area contributed by atoms with E-state index in [9.17, 15) is 28.6 Å². The quantitative estimate of drug-likeness (QED) is 0.109. The van der Waals surface area contributed by atoms with Gasteiger partial charge in [-0.2, -0.15) is 13.7 Å². The number of benzene rings is 4. The molecule has 0 unspecified atom stereocenters. The van der Waals surface area contributed by atoms with Gasteiger partial charge in [0, 0.05) is 0 Å². The van der Waals surface area contributed by atoms with Crippen LogP contribution in [0.5, 0.6) is 11.5 Å². The Bertz CT molecular complexity index is 1720. The van der Waals surface area contributed by atoms with Crippen LogP contribution in [0.3, 0.4) is 0 Å². The minimum atomic E-state index is -4.11. The number of amides is 1. The molecular formula is C27H19N3O7S. The molecule has 0 heterocycles. The van der Waals surface area contributed by atoms with Gasteiger partial charge < -0.3 is 14.2 Å². The van der Waals surface area contributed by atoms with E-state index >= 15 is 0 Å². The summed E-state index contributed by atoms with van der Waals surface area (Å²) in [6.07, 6.45) is 1.26. The van der Waals surface area contributed by atoms with Crippen molar-refractivity contribution >= 4 is 44.2 Å². The molecule has 0 atom stereocenters. The summed E-state index contributed by atoms with van der Waals surface area (Å²) in [5, 5.41) is 24.8. The molecule has 0 radical (unpaired) electrons. The highest BCUT2D eigenvalue weighted by atomic mass is 32.2. The third-order valence-electron chi connectivity index (χ3n) is 5.42. The Morgan fingerprint density at radius 3 is 2.32 bits per heavy atom. The van der Waals surface area contributed by atoms with Crippen LogP contribution in [0.4, 0.5) is 11.4 Å². The lowest BCUT2D eigenvalue weighted by atomic mass is 10.1. The topological polar surface area (TPSA) is 149 Å². The number of carbonyl (C=O) groups is 1. The number of rotatable bonds is 8. The lowest BCUT2D eigenvalue weighted by Gasteiger charge is -2.09. The Morgan fingerprint density at radius 2 is 1.66 bits per heavy atom. The zero-order chi connectivity index (χ0) is 27.3. The van der Waals surface area contributed by atoms with E-state index in [0.717, 1.165) is 16.8 Å². The van der Waals surface area contributed by atoms with E-state index in [2.05, 4.69) is 5.32 Å². The third-order valence-corrected chi connectivity index (χ3v) is 6.66. The Balaban J connectivity index is 1.51. The van der Waals surface area contributed by atoms with Crippen molar-refractivity contribution in [1.82, 2.24) is 0 Å². The Kier molecular flexibility index (Phi) is 7.36. The van der Waals surface area contributed by atoms with Crippen LogP contribution in [0.15, 0.2) is 95.4 Å². The monoisotopic (exact) mass is 529 g/mol. The molecule has 0 saturated carbocycles. The number of nitro groups is 1. The second-order valence-electron chi connectivity index (χ2n) is 7.88. The van der Waals surface area contributed by atoms with E-state index in [1.54, 1.807) is 24.3 Å². The van der Waals surface area contributed by atoms with Crippen molar-refractivity contribution in [1.29, 1.82) is 5.26 Å². The molecule has 1 N–H and O–H groups in total. The molecule has 1 amide bonds. The highest BCUT2D eigenvalue weighted by Crippen LogP contribution is 2.29. The number of hydrogen-bond acceptors (Lipinski definition) is 8. The summed E-state index contributed by atoms with van der Waals surface area (Å²) >= 11 is 0. The first-order chi connectivity index (χ1) is 18.2. The van der Waals surface area contributed by atoms with Gasteiger partial charge in [0.05, 0.1) is 18.1 Å². The Morgan fingerprint density at radius 1 is 0.974 bits per heavy atom. The molecule has 10 nitrogen and oxygen atoms in total. The number of carbonyl (C=O) groups excluding carboxylic acids is 1. The molecule has 0 saturated heterocycles. The van der Waals surface area contributed by atoms with E-state index in [1.807, 2.05) is 12.1 Å². The molecule has 0 aliphatic heterocycles. The van der Waals surface area contributed by atoms with Crippen molar-refractivity contribution in [2.75, 3.05) is 12.4 Å². The fraction of sp³-hybridized carbons (Fsp3) is 0.0370. The molecule has 0 aliphatic rings. The van der Waals surface area contributed by atoms with E-state index in [0.29, 0.717) is 5.56 Å². The highest BCUT2D eigenvalue weighted by Gasteiger charge is 2.20. The van der Waals surface area contributed by atoms with Gasteiger partial charge in [-0.25, -0.2) is 0 Å². The van der Waals surface area contributed by atoms with Crippen LogP contribution in [0.25, 0.3) is 16.8 Å². The van der Waals surface area contributed by atoms with E-state index in [-0.39, 0.29) is 27.7 Å². The highest BCUT2D eigenvalue weighted by molar-refractivity contribution is 7.87. The van der Waals surface area contributed by atoms with Gasteiger partial charge in [-0.15, -0.1) is 0 Å². The smallest absolute Gasteiger partial charge is 0.339 e. The normalized spacial score (nSPS) is 11.4. The predicted molar refractivity (Wildman–Crippen MR) is 140 cm³/mol. The number of hydrogen-bond donors (Lipinski definition) is 1. The minimum absolute atomic E-state index is 0.00349. The van der Waals surface area contributed by atoms with Crippen LogP contribution in [0.2, 0.25) is 0 Å². The number of anilines is 1. The second-order valence-corrected chi connectivity index (χ2v) is 9.43. The first-order valence-corrected chi connectivity index (χ1v) is 12.4. The molecule has 190 valence electrons. The summed E-state index contributed by atoms with van der Waals surface area (Å²) in [7, 11) is -2.76. The summed E-state index contributed by atoms with van der Waals surface area (Å²) in [5.41, 5.74) is -0.433. The Hall–Kier alpha value is -5.21. The van der Waals surface area contributed by atoms with Gasteiger partial charge in [0.1, 0.15) is 33.7 Å². The van der Waals surface area contributed by atoms with Crippen LogP contribution in [0, 0.1) is 21.4 Å². The van der Waals surface area contributed by atoms with Gasteiger partial charge in [0.2, 0.25) is 0 Å². The number of nitro benzene ring substituents is 1. The summed E-state index contributed by atoms with van der Waals surface area (Å²) < 4.78 is 35.7. The van der Waals surface area contributed by atoms with E-state index in [4.69, 9.17) is 8.92 Å². The summed E-state index contributed by atoms with van der Waals surface area (Å²) in [6.45, 7) is 0. The maximum Gasteiger partial charge on any atom is 0.339 e. The maximum atomic E-state index is 12.7. The maximum absolute atomic E-state index is 12.7. The number of ether oxygens (including phenoxy) is 1. The van der Waals surface area contributed by atoms with Crippen LogP contribution in [-0.2, 0) is 14.9 Å². The molecule has 0 aliphatic carbocycles. The lowest BCUT2D eigenvalue weighted by Crippen LogP contribution is -2.14. The molecule has 4 aromatic rings. The first kappa shape index (κ1) is 25.9. The van der Waals surface area contributed by atoms with Gasteiger partial charge in [-0.1, -0.05) is 42.5 Å². The van der Waals surface area contributed by atoms with Gasteiger partial charge in [0.25, 0.3) is 11.6 Å². The SMILES string of the molecule is COc1ccc(NC(=O)/C(C#N)=C/c2ccc(OS(=O)(=O)c3ccc4ccccc4c3)cc2)c([N+](=O)[O-])c1. The first-order valence-electron chi connectivity index (χ1n) is 11.0. The van der Waals surface area contributed by atoms with Crippen molar-refractivity contribution < 1.29 is 27.1 Å². The third kappa shape index (κ3) is 5.77. The van der Waals surface area contributed by atoms with Crippen molar-refractivity contribution in [2.45, 2.75) is 4.90 Å². The molecule has 0 bridgehead atoms. The van der Waals surface area contributed by atoms with Crippen LogP contribution >= 0.6 is 0 Å². The van der Waals surface area contributed by atoms with Crippen molar-refractivity contribution in [3.8, 4) is 17.6 Å². The van der Waals surface area contributed by atoms with Gasteiger partial charge in [0.15, 0.2) is 0 Å². The van der Waals surface area contributed by atoms with Crippen LogP contribution in [-0.4, -0.2) is 26.4 Å². The summed E-state index contributed by atoms with van der Waals surface area (Å²) in [6, 6.07) is 23.3. The summed E-state index contributed by atoms with van der Waals surface area (Å²) in [5.74, 6) is -0.595. The molecule has 11 heteroatoms. The molecule has 0 fully saturated rings. The average molecular weight is 530 g/mol. The van der Waals surface area contributed by atoms with Gasteiger partial charge in [-0.3, -0.25) is 14.9 Å². The average Bonchev–Trinajstić information content (AvgIpc) is 2.92. The van der Waals surface area contributed by atoms with Crippen molar-refractivity contribution in [3.63, 3.8) is 0 Å². The molecule has 4 rings (SSSR count). The predicted octanol–water partition coefficient (Wildman–Crippen LogP) is 5.07. The zero-order valence-electron chi connectivity index (χ0n) is 19.8. The number of methoxy groups -OCH3 is 1. The molecule has 0 spiro atoms. The molecule has 38 heavy (non-hydrogen) atoms. The largest absolute Gasteiger partial charge is 0.496 e. The molecular weight excluding hydrogens is 510 g/mol. The second kappa shape index (κ2) is 10.8. The summed E-state index contributed by atoms with van der Waals surface area (Å²) in [4.78, 5) is 23.3. The molecule has 0 aromatic heterocycles. The number of nitrogens with zero attached hydrogens (tertiary/aromatic N) is 2. The van der Waals surface area contributed by atoms with Crippen molar-refractivity contribution in [3.05, 3.63) is 106 Å². The van der Waals surface area contributed by atoms with E-state index in [1.165, 1.54) is 61.7 Å². The lowest BCUT2D eigenvalue weighted by molar-refractivity contribution is -0.384. The fourth-order valence-corrected chi connectivity index (χ4v) is 4.48. The van der Waals surface area contributed by atoms with Crippen molar-refractivity contribution in [2.24, 2.45) is 0 Å². The standard InChI is InChI=1S/C27H19N3O7S/c1-36-23-11-13-25(26(16-23)30(32)33)29-27(31)21(17-28)14-18-6-9-22(10-7-18)37-38(34,35)24-12-8-19-4-2-3-5-20(19)15-24/h2-16H,1H3,(H,29,31)/b21-14+. The zero-order valence-corrected chi connectivity index (χ0v) is 20.6. The fourth-order valence-electron chi connectivity index (χ4n) is 3.52. The minimum Gasteiger partial charge on any atom is -0.496 e. The van der Waals surface area contributed by atoms with Gasteiger partial charge >= 0.3 is 10.1 Å². The number of nitrogens with one attached hydrogen (secondary N) is 1. The van der Waals surface area contributed by atoms with Crippen LogP contribution in [0.1, 0.15) is 5.56 Å². The van der Waals surface area contributed by atoms with Gasteiger partial charge in [-0.05, 0) is 58.8 Å². The number of nitriles is 1. The molecule has 4 aromatic carbocycles. The van der Waals surface area contributed by atoms with E-state index < -0.39 is 26.6 Å².